The van der Waals surface area contributed by atoms with E-state index in [1.807, 2.05) is 42.5 Å². The van der Waals surface area contributed by atoms with Crippen molar-refractivity contribution < 1.29 is 4.79 Å². The molecule has 134 valence electrons. The van der Waals surface area contributed by atoms with Crippen LogP contribution < -0.4 is 5.32 Å². The molecule has 2 aromatic heterocycles. The van der Waals surface area contributed by atoms with Gasteiger partial charge in [0.15, 0.2) is 0 Å². The number of rotatable bonds is 7. The lowest BCUT2D eigenvalue weighted by Gasteiger charge is -2.18. The zero-order valence-electron chi connectivity index (χ0n) is 15.1. The third-order valence-corrected chi connectivity index (χ3v) is 4.33. The molecule has 3 rings (SSSR count). The lowest BCUT2D eigenvalue weighted by molar-refractivity contribution is 0.102. The summed E-state index contributed by atoms with van der Waals surface area (Å²) < 4.78 is 0. The molecule has 0 aliphatic rings. The zero-order valence-corrected chi connectivity index (χ0v) is 15.1. The zero-order chi connectivity index (χ0) is 18.4. The number of hydrogen-bond donors (Lipinski definition) is 2. The van der Waals surface area contributed by atoms with Gasteiger partial charge in [0, 0.05) is 18.3 Å². The number of amides is 1. The summed E-state index contributed by atoms with van der Waals surface area (Å²) in [5.74, 6) is -0.169. The van der Waals surface area contributed by atoms with Crippen LogP contribution in [0.3, 0.4) is 0 Å². The fourth-order valence-electron chi connectivity index (χ4n) is 2.75. The number of benzene rings is 1. The molecule has 0 fully saturated rings. The van der Waals surface area contributed by atoms with Gasteiger partial charge in [-0.25, -0.2) is 0 Å². The van der Waals surface area contributed by atoms with Crippen molar-refractivity contribution in [2.75, 3.05) is 18.4 Å². The van der Waals surface area contributed by atoms with E-state index in [1.54, 1.807) is 12.4 Å². The first-order valence-corrected chi connectivity index (χ1v) is 8.78. The molecule has 0 saturated heterocycles. The van der Waals surface area contributed by atoms with Gasteiger partial charge in [-0.15, -0.1) is 0 Å². The molecular formula is C20H23N5O. The van der Waals surface area contributed by atoms with Crippen molar-refractivity contribution in [1.29, 1.82) is 0 Å². The monoisotopic (exact) mass is 349 g/mol. The molecule has 26 heavy (non-hydrogen) atoms. The molecule has 3 aromatic rings. The Morgan fingerprint density at radius 1 is 1.12 bits per heavy atom. The molecule has 0 bridgehead atoms. The fraction of sp³-hybridized carbons (Fsp3) is 0.250. The van der Waals surface area contributed by atoms with Crippen LogP contribution in [0.25, 0.3) is 11.4 Å². The van der Waals surface area contributed by atoms with Crippen molar-refractivity contribution in [1.82, 2.24) is 20.1 Å². The van der Waals surface area contributed by atoms with E-state index in [9.17, 15) is 4.79 Å². The molecule has 0 saturated carbocycles. The lowest BCUT2D eigenvalue weighted by atomic mass is 10.1. The van der Waals surface area contributed by atoms with Crippen molar-refractivity contribution in [2.24, 2.45) is 0 Å². The van der Waals surface area contributed by atoms with Crippen LogP contribution in [-0.2, 0) is 6.54 Å². The number of nitrogens with one attached hydrogen (secondary N) is 2. The Morgan fingerprint density at radius 3 is 2.54 bits per heavy atom. The van der Waals surface area contributed by atoms with Crippen LogP contribution in [-0.4, -0.2) is 39.1 Å². The van der Waals surface area contributed by atoms with Crippen molar-refractivity contribution in [2.45, 2.75) is 20.4 Å². The molecule has 0 unspecified atom stereocenters. The Morgan fingerprint density at radius 2 is 1.88 bits per heavy atom. The maximum Gasteiger partial charge on any atom is 0.255 e. The van der Waals surface area contributed by atoms with E-state index in [0.717, 1.165) is 25.3 Å². The minimum Gasteiger partial charge on any atom is -0.319 e. The summed E-state index contributed by atoms with van der Waals surface area (Å²) in [6.07, 6.45) is 3.30. The number of aromatic nitrogens is 3. The van der Waals surface area contributed by atoms with Crippen LogP contribution in [0.1, 0.15) is 29.8 Å². The smallest absolute Gasteiger partial charge is 0.255 e. The first-order chi connectivity index (χ1) is 12.7. The van der Waals surface area contributed by atoms with Crippen LogP contribution in [0.4, 0.5) is 5.69 Å². The molecule has 0 radical (unpaired) electrons. The number of nitrogens with zero attached hydrogens (tertiary/aromatic N) is 3. The second-order valence-electron chi connectivity index (χ2n) is 5.99. The Bertz CT molecular complexity index is 838. The third kappa shape index (κ3) is 4.15. The summed E-state index contributed by atoms with van der Waals surface area (Å²) in [7, 11) is 0. The Kier molecular flexibility index (Phi) is 5.76. The van der Waals surface area contributed by atoms with E-state index >= 15 is 0 Å². The van der Waals surface area contributed by atoms with Gasteiger partial charge in [0.2, 0.25) is 0 Å². The SMILES string of the molecule is CCN(CC)Cc1ccc(C(=O)Nc2cn[nH]c2-c2ccccn2)cc1. The summed E-state index contributed by atoms with van der Waals surface area (Å²) in [4.78, 5) is 19.2. The second kappa shape index (κ2) is 8.40. The van der Waals surface area contributed by atoms with Gasteiger partial charge in [0.25, 0.3) is 5.91 Å². The van der Waals surface area contributed by atoms with Gasteiger partial charge in [-0.05, 0) is 42.9 Å². The van der Waals surface area contributed by atoms with E-state index in [0.29, 0.717) is 16.9 Å². The minimum atomic E-state index is -0.169. The highest BCUT2D eigenvalue weighted by molar-refractivity contribution is 6.05. The van der Waals surface area contributed by atoms with Crippen molar-refractivity contribution in [3.8, 4) is 11.4 Å². The average molecular weight is 349 g/mol. The molecular weight excluding hydrogens is 326 g/mol. The van der Waals surface area contributed by atoms with E-state index in [4.69, 9.17) is 0 Å². The predicted octanol–water partition coefficient (Wildman–Crippen LogP) is 3.57. The normalized spacial score (nSPS) is 10.9. The number of carbonyl (C=O) groups excluding carboxylic acids is 1. The first-order valence-electron chi connectivity index (χ1n) is 8.78. The summed E-state index contributed by atoms with van der Waals surface area (Å²) in [6, 6.07) is 13.3. The maximum atomic E-state index is 12.6. The van der Waals surface area contributed by atoms with Gasteiger partial charge in [-0.1, -0.05) is 32.0 Å². The second-order valence-corrected chi connectivity index (χ2v) is 5.99. The van der Waals surface area contributed by atoms with Crippen LogP contribution in [0.2, 0.25) is 0 Å². The van der Waals surface area contributed by atoms with E-state index in [-0.39, 0.29) is 5.91 Å². The molecule has 0 atom stereocenters. The Balaban J connectivity index is 1.70. The van der Waals surface area contributed by atoms with Gasteiger partial charge in [-0.2, -0.15) is 5.10 Å². The van der Waals surface area contributed by atoms with Gasteiger partial charge in [-0.3, -0.25) is 19.8 Å². The summed E-state index contributed by atoms with van der Waals surface area (Å²) >= 11 is 0. The van der Waals surface area contributed by atoms with Gasteiger partial charge < -0.3 is 5.32 Å². The van der Waals surface area contributed by atoms with E-state index in [1.165, 1.54) is 5.56 Å². The largest absolute Gasteiger partial charge is 0.319 e. The molecule has 6 nitrogen and oxygen atoms in total. The highest BCUT2D eigenvalue weighted by atomic mass is 16.1. The molecule has 6 heteroatoms. The minimum absolute atomic E-state index is 0.169. The Hall–Kier alpha value is -2.99. The topological polar surface area (TPSA) is 73.9 Å². The molecule has 2 heterocycles. The number of carbonyl (C=O) groups is 1. The van der Waals surface area contributed by atoms with Crippen LogP contribution in [0, 0.1) is 0 Å². The van der Waals surface area contributed by atoms with Crippen LogP contribution >= 0.6 is 0 Å². The quantitative estimate of drug-likeness (QED) is 0.684. The highest BCUT2D eigenvalue weighted by Gasteiger charge is 2.13. The molecule has 1 aromatic carbocycles. The van der Waals surface area contributed by atoms with Crippen molar-refractivity contribution in [3.63, 3.8) is 0 Å². The van der Waals surface area contributed by atoms with Crippen LogP contribution in [0.5, 0.6) is 0 Å². The predicted molar refractivity (Wildman–Crippen MR) is 103 cm³/mol. The van der Waals surface area contributed by atoms with Crippen molar-refractivity contribution in [3.05, 3.63) is 66.0 Å². The number of H-pyrrole nitrogens is 1. The van der Waals surface area contributed by atoms with E-state index in [2.05, 4.69) is 39.2 Å². The Labute approximate surface area is 153 Å². The van der Waals surface area contributed by atoms with Gasteiger partial charge >= 0.3 is 0 Å². The summed E-state index contributed by atoms with van der Waals surface area (Å²) in [5, 5.41) is 9.82. The number of pyridine rings is 1. The van der Waals surface area contributed by atoms with E-state index < -0.39 is 0 Å². The van der Waals surface area contributed by atoms with Crippen molar-refractivity contribution >= 4 is 11.6 Å². The van der Waals surface area contributed by atoms with Gasteiger partial charge in [0.05, 0.1) is 17.6 Å². The highest BCUT2D eigenvalue weighted by Crippen LogP contribution is 2.23. The molecule has 2 N–H and O–H groups in total. The average Bonchev–Trinajstić information content (AvgIpc) is 3.15. The summed E-state index contributed by atoms with van der Waals surface area (Å²) in [5.41, 5.74) is 3.84. The number of aromatic amines is 1. The molecule has 0 spiro atoms. The molecule has 0 aliphatic heterocycles. The van der Waals surface area contributed by atoms with Gasteiger partial charge in [0.1, 0.15) is 5.69 Å². The summed E-state index contributed by atoms with van der Waals surface area (Å²) in [6.45, 7) is 7.20. The fourth-order valence-corrected chi connectivity index (χ4v) is 2.75. The first kappa shape index (κ1) is 17.8. The molecule has 1 amide bonds. The van der Waals surface area contributed by atoms with Crippen LogP contribution in [0.15, 0.2) is 54.9 Å². The standard InChI is InChI=1S/C20H23N5O/c1-3-25(4-2)14-15-8-10-16(11-9-15)20(26)23-18-13-22-24-19(18)17-7-5-6-12-21-17/h5-13H,3-4,14H2,1-2H3,(H,22,24)(H,23,26). The lowest BCUT2D eigenvalue weighted by Crippen LogP contribution is -2.22. The third-order valence-electron chi connectivity index (χ3n) is 4.33. The maximum absolute atomic E-state index is 12.6. The number of anilines is 1. The number of hydrogen-bond acceptors (Lipinski definition) is 4. The molecule has 0 aliphatic carbocycles.